The molecule has 0 unspecified atom stereocenters. The van der Waals surface area contributed by atoms with E-state index in [1.54, 1.807) is 49.4 Å². The summed E-state index contributed by atoms with van der Waals surface area (Å²) in [6.07, 6.45) is 0.805. The van der Waals surface area contributed by atoms with Gasteiger partial charge in [0.2, 0.25) is 0 Å². The first kappa shape index (κ1) is 24.6. The van der Waals surface area contributed by atoms with E-state index in [1.807, 2.05) is 25.2 Å². The van der Waals surface area contributed by atoms with Gasteiger partial charge in [-0.05, 0) is 48.9 Å². The summed E-state index contributed by atoms with van der Waals surface area (Å²) in [4.78, 5) is 29.0. The third-order valence-corrected chi connectivity index (χ3v) is 5.41. The minimum Gasteiger partial charge on any atom is -0.496 e. The largest absolute Gasteiger partial charge is 0.496 e. The van der Waals surface area contributed by atoms with Crippen molar-refractivity contribution in [2.24, 2.45) is 0 Å². The van der Waals surface area contributed by atoms with E-state index in [4.69, 9.17) is 9.47 Å². The first-order chi connectivity index (χ1) is 16.4. The number of aromatic nitrogens is 1. The number of carbonyl (C=O) groups excluding carboxylic acids is 1. The lowest BCUT2D eigenvalue weighted by Gasteiger charge is -2.17. The molecule has 0 spiro atoms. The number of hydrogen-bond donors (Lipinski definition) is 3. The summed E-state index contributed by atoms with van der Waals surface area (Å²) in [5.41, 5.74) is 2.73. The predicted octanol–water partition coefficient (Wildman–Crippen LogP) is 3.49. The van der Waals surface area contributed by atoms with Gasteiger partial charge in [0.1, 0.15) is 23.4 Å². The Hall–Kier alpha value is -4.07. The van der Waals surface area contributed by atoms with Gasteiger partial charge in [-0.2, -0.15) is 0 Å². The maximum absolute atomic E-state index is 12.7. The van der Waals surface area contributed by atoms with E-state index in [1.165, 1.54) is 7.11 Å². The molecular weight excluding hydrogens is 434 g/mol. The molecule has 0 bridgehead atoms. The van der Waals surface area contributed by atoms with Crippen LogP contribution in [0.25, 0.3) is 0 Å². The van der Waals surface area contributed by atoms with Gasteiger partial charge in [-0.1, -0.05) is 24.3 Å². The molecular formula is C26H29N3O5. The summed E-state index contributed by atoms with van der Waals surface area (Å²) in [5, 5.41) is 15.3. The Bertz CT molecular complexity index is 1130. The van der Waals surface area contributed by atoms with Crippen LogP contribution in [0.3, 0.4) is 0 Å². The fraction of sp³-hybridized carbons (Fsp3) is 0.269. The molecule has 0 aliphatic heterocycles. The van der Waals surface area contributed by atoms with Gasteiger partial charge >= 0.3 is 5.97 Å². The molecule has 0 aliphatic carbocycles. The monoisotopic (exact) mass is 463 g/mol. The number of pyridine rings is 1. The topological polar surface area (TPSA) is 110 Å². The number of rotatable bonds is 11. The first-order valence-electron chi connectivity index (χ1n) is 10.9. The predicted molar refractivity (Wildman–Crippen MR) is 130 cm³/mol. The number of hydrogen-bond acceptors (Lipinski definition) is 6. The molecule has 8 nitrogen and oxygen atoms in total. The zero-order chi connectivity index (χ0) is 24.5. The van der Waals surface area contributed by atoms with Crippen molar-refractivity contribution in [2.75, 3.05) is 26.1 Å². The van der Waals surface area contributed by atoms with E-state index in [9.17, 15) is 14.7 Å². The zero-order valence-electron chi connectivity index (χ0n) is 19.5. The number of anilines is 1. The minimum absolute atomic E-state index is 0.144. The normalized spacial score (nSPS) is 11.4. The van der Waals surface area contributed by atoms with Crippen LogP contribution in [0.4, 0.5) is 5.82 Å². The molecule has 3 aromatic rings. The van der Waals surface area contributed by atoms with Gasteiger partial charge < -0.3 is 25.2 Å². The van der Waals surface area contributed by atoms with E-state index in [-0.39, 0.29) is 6.42 Å². The molecule has 0 saturated carbocycles. The highest BCUT2D eigenvalue weighted by molar-refractivity contribution is 5.98. The number of methoxy groups -OCH3 is 1. The standard InChI is InChI=1S/C26H29N3O5/c1-17-21(7-5-8-23(17)33-3)25(30)29-22(26(31)32)16-18-10-12-20(13-11-18)34-15-14-19-6-4-9-24(27-2)28-19/h4-13,22H,14-16H2,1-3H3,(H,27,28)(H,29,30)(H,31,32)/t22-/m0/s1. The fourth-order valence-electron chi connectivity index (χ4n) is 3.51. The number of nitrogens with one attached hydrogen (secondary N) is 2. The van der Waals surface area contributed by atoms with Crippen molar-refractivity contribution in [1.82, 2.24) is 10.3 Å². The van der Waals surface area contributed by atoms with Crippen molar-refractivity contribution in [1.29, 1.82) is 0 Å². The molecule has 178 valence electrons. The van der Waals surface area contributed by atoms with E-state index in [0.717, 1.165) is 17.1 Å². The smallest absolute Gasteiger partial charge is 0.326 e. The van der Waals surface area contributed by atoms with Gasteiger partial charge in [0.05, 0.1) is 13.7 Å². The highest BCUT2D eigenvalue weighted by Gasteiger charge is 2.22. The number of carbonyl (C=O) groups is 2. The number of aliphatic carboxylic acids is 1. The van der Waals surface area contributed by atoms with Crippen LogP contribution in [0.2, 0.25) is 0 Å². The Labute approximate surface area is 198 Å². The number of amides is 1. The molecule has 1 heterocycles. The number of benzene rings is 2. The van der Waals surface area contributed by atoms with Crippen LogP contribution in [-0.2, 0) is 17.6 Å². The molecule has 1 atom stereocenters. The van der Waals surface area contributed by atoms with Crippen LogP contribution in [0, 0.1) is 6.92 Å². The van der Waals surface area contributed by atoms with E-state index in [2.05, 4.69) is 15.6 Å². The molecule has 2 aromatic carbocycles. The van der Waals surface area contributed by atoms with Crippen molar-refractivity contribution in [2.45, 2.75) is 25.8 Å². The molecule has 1 aromatic heterocycles. The van der Waals surface area contributed by atoms with Gasteiger partial charge in [0, 0.05) is 36.7 Å². The second-order valence-corrected chi connectivity index (χ2v) is 7.71. The third-order valence-electron chi connectivity index (χ3n) is 5.41. The van der Waals surface area contributed by atoms with Crippen LogP contribution in [0.1, 0.15) is 27.2 Å². The fourth-order valence-corrected chi connectivity index (χ4v) is 3.51. The summed E-state index contributed by atoms with van der Waals surface area (Å²) in [5.74, 6) is 0.491. The number of ether oxygens (including phenoxy) is 2. The van der Waals surface area contributed by atoms with E-state index in [0.29, 0.717) is 35.7 Å². The summed E-state index contributed by atoms with van der Waals surface area (Å²) in [6.45, 7) is 2.23. The van der Waals surface area contributed by atoms with Crippen molar-refractivity contribution in [3.05, 3.63) is 83.0 Å². The maximum atomic E-state index is 12.7. The molecule has 1 amide bonds. The Balaban J connectivity index is 1.57. The summed E-state index contributed by atoms with van der Waals surface area (Å²) in [6, 6.07) is 17.0. The van der Waals surface area contributed by atoms with Gasteiger partial charge in [-0.15, -0.1) is 0 Å². The Kier molecular flexibility index (Phi) is 8.45. The lowest BCUT2D eigenvalue weighted by molar-refractivity contribution is -0.139. The van der Waals surface area contributed by atoms with Gasteiger partial charge in [-0.3, -0.25) is 4.79 Å². The second kappa shape index (κ2) is 11.7. The molecule has 0 radical (unpaired) electrons. The van der Waals surface area contributed by atoms with Crippen LogP contribution < -0.4 is 20.1 Å². The highest BCUT2D eigenvalue weighted by atomic mass is 16.5. The van der Waals surface area contributed by atoms with Gasteiger partial charge in [0.25, 0.3) is 5.91 Å². The number of nitrogens with zero attached hydrogens (tertiary/aromatic N) is 1. The zero-order valence-corrected chi connectivity index (χ0v) is 19.5. The first-order valence-corrected chi connectivity index (χ1v) is 10.9. The number of carboxylic acids is 1. The van der Waals surface area contributed by atoms with Crippen molar-refractivity contribution >= 4 is 17.7 Å². The van der Waals surface area contributed by atoms with Crippen LogP contribution in [0.15, 0.2) is 60.7 Å². The average Bonchev–Trinajstić information content (AvgIpc) is 2.84. The van der Waals surface area contributed by atoms with Crippen molar-refractivity contribution < 1.29 is 24.2 Å². The lowest BCUT2D eigenvalue weighted by atomic mass is 10.0. The van der Waals surface area contributed by atoms with Gasteiger partial charge in [-0.25, -0.2) is 9.78 Å². The van der Waals surface area contributed by atoms with Crippen LogP contribution >= 0.6 is 0 Å². The Morgan fingerprint density at radius 1 is 1.06 bits per heavy atom. The van der Waals surface area contributed by atoms with E-state index >= 15 is 0 Å². The molecule has 3 rings (SSSR count). The summed E-state index contributed by atoms with van der Waals surface area (Å²) >= 11 is 0. The number of carboxylic acid groups (broad SMARTS) is 1. The summed E-state index contributed by atoms with van der Waals surface area (Å²) < 4.78 is 11.0. The Morgan fingerprint density at radius 3 is 2.47 bits per heavy atom. The highest BCUT2D eigenvalue weighted by Crippen LogP contribution is 2.21. The quantitative estimate of drug-likeness (QED) is 0.399. The molecule has 34 heavy (non-hydrogen) atoms. The van der Waals surface area contributed by atoms with Crippen molar-refractivity contribution in [3.8, 4) is 11.5 Å². The van der Waals surface area contributed by atoms with E-state index < -0.39 is 17.9 Å². The van der Waals surface area contributed by atoms with Gasteiger partial charge in [0.15, 0.2) is 0 Å². The third kappa shape index (κ3) is 6.48. The average molecular weight is 464 g/mol. The molecule has 0 saturated heterocycles. The minimum atomic E-state index is -1.11. The molecule has 3 N–H and O–H groups in total. The molecule has 8 heteroatoms. The molecule has 0 aliphatic rings. The van der Waals surface area contributed by atoms with Crippen LogP contribution in [-0.4, -0.2) is 48.8 Å². The second-order valence-electron chi connectivity index (χ2n) is 7.71. The SMILES string of the molecule is CNc1cccc(CCOc2ccc(C[C@H](NC(=O)c3cccc(OC)c3C)C(=O)O)cc2)n1. The summed E-state index contributed by atoms with van der Waals surface area (Å²) in [7, 11) is 3.35. The molecule has 0 fully saturated rings. The van der Waals surface area contributed by atoms with Crippen molar-refractivity contribution in [3.63, 3.8) is 0 Å². The Morgan fingerprint density at radius 2 is 1.79 bits per heavy atom. The van der Waals surface area contributed by atoms with Crippen LogP contribution in [0.5, 0.6) is 11.5 Å². The lowest BCUT2D eigenvalue weighted by Crippen LogP contribution is -2.42. The maximum Gasteiger partial charge on any atom is 0.326 e.